The molecule has 0 fully saturated rings. The SMILES string of the molecule is CC(CN(C)C)C(C)(O)Cc1ccc(Cl)cc1.CC(CN(C)C)C(C)(O)Cc1ccc(Cl)cc1.CC(CN(C)C)C(C)(O)Cc1ccc(Cl)cc1.CC(CN(C)C)C(C)(O)Cc1ccc(Cl)cc1.Cl.Cl.Cl.Cl. The highest BCUT2D eigenvalue weighted by atomic mass is 35.5. The van der Waals surface area contributed by atoms with E-state index in [0.717, 1.165) is 68.5 Å². The molecule has 0 saturated carbocycles. The van der Waals surface area contributed by atoms with Crippen LogP contribution in [0, 0.1) is 23.7 Å². The maximum Gasteiger partial charge on any atom is 0.0697 e. The van der Waals surface area contributed by atoms with Crippen molar-refractivity contribution in [1.29, 1.82) is 0 Å². The summed E-state index contributed by atoms with van der Waals surface area (Å²) in [6.45, 7) is 19.4. The molecule has 0 radical (unpaired) electrons. The van der Waals surface area contributed by atoms with Gasteiger partial charge in [-0.2, -0.15) is 0 Å². The molecule has 0 saturated heterocycles. The number of aliphatic hydroxyl groups is 4. The van der Waals surface area contributed by atoms with Crippen LogP contribution in [0.1, 0.15) is 77.6 Å². The van der Waals surface area contributed by atoms with Gasteiger partial charge in [-0.05, 0) is 179 Å². The van der Waals surface area contributed by atoms with Gasteiger partial charge in [-0.1, -0.05) is 123 Å². The molecule has 0 spiro atoms. The van der Waals surface area contributed by atoms with Crippen LogP contribution in [0.2, 0.25) is 20.1 Å². The standard InChI is InChI=1S/4C14H22ClNO.4ClH/c4*1-11(10-16(3)4)14(2,17)9-12-5-7-13(15)8-6-12;;;;/h4*5-8,11,17H,9-10H2,1-4H3;4*1H. The number of halogens is 8. The summed E-state index contributed by atoms with van der Waals surface area (Å²) in [4.78, 5) is 8.39. The summed E-state index contributed by atoms with van der Waals surface area (Å²) in [6, 6.07) is 30.7. The fraction of sp³-hybridized carbons (Fsp3) is 0.571. The van der Waals surface area contributed by atoms with Gasteiger partial charge >= 0.3 is 0 Å². The van der Waals surface area contributed by atoms with Crippen LogP contribution in [0.5, 0.6) is 0 Å². The van der Waals surface area contributed by atoms with Crippen LogP contribution in [0.15, 0.2) is 97.1 Å². The highest BCUT2D eigenvalue weighted by Gasteiger charge is 2.31. The molecule has 0 heterocycles. The van der Waals surface area contributed by atoms with Crippen molar-refractivity contribution < 1.29 is 20.4 Å². The van der Waals surface area contributed by atoms with Gasteiger partial charge in [0.05, 0.1) is 22.4 Å². The molecule has 0 amide bonds. The van der Waals surface area contributed by atoms with Crippen molar-refractivity contribution in [2.75, 3.05) is 82.6 Å². The summed E-state index contributed by atoms with van der Waals surface area (Å²) >= 11 is 23.4. The molecule has 0 aliphatic carbocycles. The van der Waals surface area contributed by atoms with E-state index >= 15 is 0 Å². The molecule has 0 aliphatic heterocycles. The van der Waals surface area contributed by atoms with Crippen LogP contribution in [-0.2, 0) is 25.7 Å². The molecule has 8 nitrogen and oxygen atoms in total. The lowest BCUT2D eigenvalue weighted by Crippen LogP contribution is -2.40. The lowest BCUT2D eigenvalue weighted by molar-refractivity contribution is -0.00293. The highest BCUT2D eigenvalue weighted by Crippen LogP contribution is 2.27. The topological polar surface area (TPSA) is 93.9 Å². The van der Waals surface area contributed by atoms with Crippen LogP contribution in [0.4, 0.5) is 0 Å². The van der Waals surface area contributed by atoms with E-state index in [0.29, 0.717) is 25.7 Å². The van der Waals surface area contributed by atoms with Crippen LogP contribution in [0.25, 0.3) is 0 Å². The Morgan fingerprint density at radius 1 is 0.319 bits per heavy atom. The summed E-state index contributed by atoms with van der Waals surface area (Å²) in [5.41, 5.74) is 1.68. The van der Waals surface area contributed by atoms with E-state index in [2.05, 4.69) is 47.3 Å². The Morgan fingerprint density at radius 3 is 0.556 bits per heavy atom. The summed E-state index contributed by atoms with van der Waals surface area (Å²) < 4.78 is 0. The lowest BCUT2D eigenvalue weighted by atomic mass is 9.84. The minimum Gasteiger partial charge on any atom is -0.390 e. The monoisotopic (exact) mass is 1160 g/mol. The van der Waals surface area contributed by atoms with Gasteiger partial charge in [0.15, 0.2) is 0 Å². The first-order chi connectivity index (χ1) is 31.2. The number of hydrogen-bond donors (Lipinski definition) is 4. The highest BCUT2D eigenvalue weighted by molar-refractivity contribution is 6.31. The third-order valence-electron chi connectivity index (χ3n) is 12.7. The second-order valence-electron chi connectivity index (χ2n) is 21.3. The lowest BCUT2D eigenvalue weighted by Gasteiger charge is -2.32. The molecule has 4 N–H and O–H groups in total. The quantitative estimate of drug-likeness (QED) is 0.0696. The first-order valence-electron chi connectivity index (χ1n) is 23.7. The van der Waals surface area contributed by atoms with Crippen LogP contribution in [-0.4, -0.2) is 145 Å². The average molecular weight is 1170 g/mol. The summed E-state index contributed by atoms with van der Waals surface area (Å²) in [7, 11) is 16.2. The van der Waals surface area contributed by atoms with Crippen molar-refractivity contribution in [3.63, 3.8) is 0 Å². The van der Waals surface area contributed by atoms with Crippen molar-refractivity contribution in [2.45, 2.75) is 103 Å². The molecule has 8 unspecified atom stereocenters. The van der Waals surface area contributed by atoms with E-state index < -0.39 is 22.4 Å². The first kappa shape index (κ1) is 77.4. The fourth-order valence-electron chi connectivity index (χ4n) is 7.74. The summed E-state index contributed by atoms with van der Waals surface area (Å²) in [6.07, 6.45) is 2.61. The third kappa shape index (κ3) is 32.5. The van der Waals surface area contributed by atoms with Crippen molar-refractivity contribution in [2.24, 2.45) is 23.7 Å². The smallest absolute Gasteiger partial charge is 0.0697 e. The van der Waals surface area contributed by atoms with Crippen molar-refractivity contribution >= 4 is 96.0 Å². The summed E-state index contributed by atoms with van der Waals surface area (Å²) in [5.74, 6) is 0.864. The van der Waals surface area contributed by atoms with Gasteiger partial charge in [0.2, 0.25) is 0 Å². The zero-order chi connectivity index (χ0) is 52.2. The fourth-order valence-corrected chi connectivity index (χ4v) is 8.24. The molecule has 72 heavy (non-hydrogen) atoms. The van der Waals surface area contributed by atoms with Crippen molar-refractivity contribution in [3.8, 4) is 0 Å². The Hall–Kier alpha value is -1.12. The minimum absolute atomic E-state index is 0. The maximum absolute atomic E-state index is 10.5. The van der Waals surface area contributed by atoms with E-state index in [9.17, 15) is 20.4 Å². The molecule has 4 rings (SSSR count). The molecule has 4 aromatic carbocycles. The average Bonchev–Trinajstić information content (AvgIpc) is 3.21. The molecule has 0 aliphatic rings. The van der Waals surface area contributed by atoms with Gasteiger partial charge in [0.25, 0.3) is 0 Å². The molecule has 0 aromatic heterocycles. The van der Waals surface area contributed by atoms with E-state index in [1.807, 2.05) is 181 Å². The van der Waals surface area contributed by atoms with E-state index in [-0.39, 0.29) is 73.3 Å². The zero-order valence-electron chi connectivity index (χ0n) is 45.9. The molecule has 0 bridgehead atoms. The normalized spacial score (nSPS) is 15.9. The predicted molar refractivity (Wildman–Crippen MR) is 323 cm³/mol. The Bertz CT molecular complexity index is 1680. The van der Waals surface area contributed by atoms with Gasteiger partial charge in [-0.25, -0.2) is 0 Å². The van der Waals surface area contributed by atoms with Gasteiger partial charge in [-0.3, -0.25) is 0 Å². The summed E-state index contributed by atoms with van der Waals surface area (Å²) in [5, 5.41) is 44.9. The molecule has 416 valence electrons. The van der Waals surface area contributed by atoms with Crippen molar-refractivity contribution in [1.82, 2.24) is 19.6 Å². The van der Waals surface area contributed by atoms with E-state index in [1.165, 1.54) is 0 Å². The minimum atomic E-state index is -0.696. The second-order valence-corrected chi connectivity index (χ2v) is 23.0. The van der Waals surface area contributed by atoms with Gasteiger partial charge < -0.3 is 40.0 Å². The largest absolute Gasteiger partial charge is 0.390 e. The van der Waals surface area contributed by atoms with Crippen LogP contribution >= 0.6 is 96.0 Å². The Balaban J connectivity index is -0.000000420. The zero-order valence-corrected chi connectivity index (χ0v) is 52.2. The van der Waals surface area contributed by atoms with Crippen LogP contribution < -0.4 is 0 Å². The Labute approximate surface area is 481 Å². The Kier molecular flexibility index (Phi) is 39.6. The molecule has 8 atom stereocenters. The van der Waals surface area contributed by atoms with Gasteiger partial charge in [-0.15, -0.1) is 49.6 Å². The molecular formula is C56H92Cl8N4O4. The molecule has 4 aromatic rings. The number of benzene rings is 4. The van der Waals surface area contributed by atoms with E-state index in [4.69, 9.17) is 46.4 Å². The number of nitrogens with zero attached hydrogens (tertiary/aromatic N) is 4. The second kappa shape index (κ2) is 36.8. The van der Waals surface area contributed by atoms with E-state index in [1.54, 1.807) is 0 Å². The van der Waals surface area contributed by atoms with Crippen molar-refractivity contribution in [3.05, 3.63) is 139 Å². The molecule has 16 heteroatoms. The van der Waals surface area contributed by atoms with Crippen LogP contribution in [0.3, 0.4) is 0 Å². The Morgan fingerprint density at radius 2 is 0.444 bits per heavy atom. The maximum atomic E-state index is 10.5. The first-order valence-corrected chi connectivity index (χ1v) is 25.2. The third-order valence-corrected chi connectivity index (χ3v) is 13.7. The van der Waals surface area contributed by atoms with Gasteiger partial charge in [0.1, 0.15) is 0 Å². The number of hydrogen-bond acceptors (Lipinski definition) is 8. The predicted octanol–water partition coefficient (Wildman–Crippen LogP) is 13.0. The number of rotatable bonds is 20. The van der Waals surface area contributed by atoms with Gasteiger partial charge in [0, 0.05) is 72.0 Å². The molecular weight excluding hydrogens is 1080 g/mol.